The van der Waals surface area contributed by atoms with Crippen molar-refractivity contribution in [2.24, 2.45) is 0 Å². The van der Waals surface area contributed by atoms with Crippen LogP contribution in [0.4, 0.5) is 0 Å². The lowest BCUT2D eigenvalue weighted by molar-refractivity contribution is 0.348. The van der Waals surface area contributed by atoms with Gasteiger partial charge >= 0.3 is 0 Å². The SMILES string of the molecule is C=C(CNC1CC1)COc1c(Cl)cc(Cl)cc1Cl. The molecule has 0 amide bonds. The summed E-state index contributed by atoms with van der Waals surface area (Å²) in [5, 5.41) is 4.68. The molecule has 5 heteroatoms. The van der Waals surface area contributed by atoms with E-state index in [1.54, 1.807) is 12.1 Å². The molecule has 2 rings (SSSR count). The van der Waals surface area contributed by atoms with Gasteiger partial charge in [-0.1, -0.05) is 41.4 Å². The van der Waals surface area contributed by atoms with Crippen LogP contribution < -0.4 is 10.1 Å². The fourth-order valence-electron chi connectivity index (χ4n) is 1.47. The van der Waals surface area contributed by atoms with Crippen LogP contribution in [0.25, 0.3) is 0 Å². The summed E-state index contributed by atoms with van der Waals surface area (Å²) < 4.78 is 5.57. The predicted octanol–water partition coefficient (Wildman–Crippen LogP) is 4.33. The molecule has 1 aromatic rings. The largest absolute Gasteiger partial charge is 0.486 e. The lowest BCUT2D eigenvalue weighted by Crippen LogP contribution is -2.21. The molecular formula is C13H14Cl3NO. The summed E-state index contributed by atoms with van der Waals surface area (Å²) in [5.74, 6) is 0.454. The summed E-state index contributed by atoms with van der Waals surface area (Å²) in [6, 6.07) is 3.87. The molecule has 0 spiro atoms. The van der Waals surface area contributed by atoms with Gasteiger partial charge in [-0.05, 0) is 30.5 Å². The third kappa shape index (κ3) is 4.06. The minimum atomic E-state index is 0.390. The number of hydrogen-bond donors (Lipinski definition) is 1. The Hall–Kier alpha value is -0.410. The third-order valence-corrected chi connectivity index (χ3v) is 3.38. The van der Waals surface area contributed by atoms with E-state index in [0.29, 0.717) is 33.5 Å². The van der Waals surface area contributed by atoms with Crippen molar-refractivity contribution in [2.45, 2.75) is 18.9 Å². The number of rotatable bonds is 6. The van der Waals surface area contributed by atoms with E-state index in [9.17, 15) is 0 Å². The van der Waals surface area contributed by atoms with E-state index < -0.39 is 0 Å². The topological polar surface area (TPSA) is 21.3 Å². The van der Waals surface area contributed by atoms with Crippen LogP contribution in [0.5, 0.6) is 5.75 Å². The minimum absolute atomic E-state index is 0.390. The summed E-state index contributed by atoms with van der Waals surface area (Å²) >= 11 is 17.9. The van der Waals surface area contributed by atoms with Gasteiger partial charge in [0.15, 0.2) is 5.75 Å². The zero-order valence-corrected chi connectivity index (χ0v) is 12.1. The average Bonchev–Trinajstić information content (AvgIpc) is 3.08. The Bertz CT molecular complexity index is 435. The van der Waals surface area contributed by atoms with E-state index in [2.05, 4.69) is 11.9 Å². The van der Waals surface area contributed by atoms with Gasteiger partial charge < -0.3 is 10.1 Å². The van der Waals surface area contributed by atoms with Crippen molar-refractivity contribution < 1.29 is 4.74 Å². The van der Waals surface area contributed by atoms with Crippen LogP contribution >= 0.6 is 34.8 Å². The molecule has 1 aliphatic carbocycles. The van der Waals surface area contributed by atoms with Gasteiger partial charge in [0.2, 0.25) is 0 Å². The van der Waals surface area contributed by atoms with Crippen LogP contribution in [0.15, 0.2) is 24.3 Å². The monoisotopic (exact) mass is 305 g/mol. The summed E-state index contributed by atoms with van der Waals surface area (Å²) in [7, 11) is 0. The summed E-state index contributed by atoms with van der Waals surface area (Å²) in [6.07, 6.45) is 2.51. The lowest BCUT2D eigenvalue weighted by Gasteiger charge is -2.12. The Kier molecular flexibility index (Phi) is 4.79. The van der Waals surface area contributed by atoms with Gasteiger partial charge in [0.1, 0.15) is 6.61 Å². The van der Waals surface area contributed by atoms with Crippen LogP contribution in [-0.2, 0) is 0 Å². The molecule has 0 atom stereocenters. The molecule has 18 heavy (non-hydrogen) atoms. The molecule has 1 N–H and O–H groups in total. The van der Waals surface area contributed by atoms with Gasteiger partial charge in [0, 0.05) is 17.6 Å². The van der Waals surface area contributed by atoms with Crippen molar-refractivity contribution in [2.75, 3.05) is 13.2 Å². The molecule has 98 valence electrons. The first-order chi connectivity index (χ1) is 8.56. The normalized spacial score (nSPS) is 14.6. The van der Waals surface area contributed by atoms with E-state index >= 15 is 0 Å². The Balaban J connectivity index is 1.86. The molecule has 0 unspecified atom stereocenters. The fraction of sp³-hybridized carbons (Fsp3) is 0.385. The number of hydrogen-bond acceptors (Lipinski definition) is 2. The molecule has 0 radical (unpaired) electrons. The van der Waals surface area contributed by atoms with Crippen LogP contribution in [0.2, 0.25) is 15.1 Å². The molecule has 0 aromatic heterocycles. The Morgan fingerprint density at radius 1 is 1.28 bits per heavy atom. The number of halogens is 3. The summed E-state index contributed by atoms with van der Waals surface area (Å²) in [6.45, 7) is 5.09. The Labute approximate surface area is 122 Å². The van der Waals surface area contributed by atoms with Gasteiger partial charge in [-0.25, -0.2) is 0 Å². The van der Waals surface area contributed by atoms with Gasteiger partial charge in [-0.2, -0.15) is 0 Å². The first kappa shape index (κ1) is 14.0. The van der Waals surface area contributed by atoms with Gasteiger partial charge in [0.05, 0.1) is 10.0 Å². The first-order valence-corrected chi connectivity index (χ1v) is 6.87. The fourth-order valence-corrected chi connectivity index (χ4v) is 2.39. The van der Waals surface area contributed by atoms with Crippen molar-refractivity contribution in [3.05, 3.63) is 39.4 Å². The van der Waals surface area contributed by atoms with E-state index in [1.165, 1.54) is 12.8 Å². The average molecular weight is 307 g/mol. The highest BCUT2D eigenvalue weighted by Gasteiger charge is 2.20. The minimum Gasteiger partial charge on any atom is -0.486 e. The quantitative estimate of drug-likeness (QED) is 0.790. The van der Waals surface area contributed by atoms with E-state index in [4.69, 9.17) is 39.5 Å². The predicted molar refractivity (Wildman–Crippen MR) is 77.1 cm³/mol. The summed E-state index contributed by atoms with van der Waals surface area (Å²) in [4.78, 5) is 0. The van der Waals surface area contributed by atoms with E-state index in [0.717, 1.165) is 12.1 Å². The van der Waals surface area contributed by atoms with Crippen molar-refractivity contribution in [3.8, 4) is 5.75 Å². The molecule has 0 heterocycles. The molecule has 0 saturated heterocycles. The highest BCUT2D eigenvalue weighted by molar-refractivity contribution is 6.40. The molecule has 1 aliphatic rings. The van der Waals surface area contributed by atoms with Gasteiger partial charge in [-0.15, -0.1) is 0 Å². The molecule has 1 aromatic carbocycles. The maximum atomic E-state index is 6.02. The Morgan fingerprint density at radius 3 is 2.44 bits per heavy atom. The zero-order chi connectivity index (χ0) is 13.1. The second-order valence-electron chi connectivity index (χ2n) is 4.39. The zero-order valence-electron chi connectivity index (χ0n) is 9.81. The van der Waals surface area contributed by atoms with Gasteiger partial charge in [0.25, 0.3) is 0 Å². The maximum absolute atomic E-state index is 6.02. The lowest BCUT2D eigenvalue weighted by atomic mass is 10.3. The molecule has 1 fully saturated rings. The third-order valence-electron chi connectivity index (χ3n) is 2.60. The Morgan fingerprint density at radius 2 is 1.89 bits per heavy atom. The smallest absolute Gasteiger partial charge is 0.157 e. The molecule has 0 bridgehead atoms. The second-order valence-corrected chi connectivity index (χ2v) is 5.64. The summed E-state index contributed by atoms with van der Waals surface area (Å²) in [5.41, 5.74) is 0.962. The number of benzene rings is 1. The highest BCUT2D eigenvalue weighted by atomic mass is 35.5. The van der Waals surface area contributed by atoms with E-state index in [-0.39, 0.29) is 0 Å². The van der Waals surface area contributed by atoms with Crippen molar-refractivity contribution in [1.82, 2.24) is 5.32 Å². The first-order valence-electron chi connectivity index (χ1n) is 5.73. The molecular weight excluding hydrogens is 293 g/mol. The number of ether oxygens (including phenoxy) is 1. The van der Waals surface area contributed by atoms with Crippen LogP contribution in [0, 0.1) is 0 Å². The van der Waals surface area contributed by atoms with Crippen molar-refractivity contribution in [3.63, 3.8) is 0 Å². The van der Waals surface area contributed by atoms with Crippen LogP contribution in [0.1, 0.15) is 12.8 Å². The standard InChI is InChI=1S/C13H14Cl3NO/c1-8(6-17-10-2-3-10)7-18-13-11(15)4-9(14)5-12(13)16/h4-5,10,17H,1-3,6-7H2. The maximum Gasteiger partial charge on any atom is 0.157 e. The highest BCUT2D eigenvalue weighted by Crippen LogP contribution is 2.35. The van der Waals surface area contributed by atoms with E-state index in [1.807, 2.05) is 0 Å². The van der Waals surface area contributed by atoms with Crippen molar-refractivity contribution >= 4 is 34.8 Å². The van der Waals surface area contributed by atoms with Crippen LogP contribution in [-0.4, -0.2) is 19.2 Å². The molecule has 2 nitrogen and oxygen atoms in total. The van der Waals surface area contributed by atoms with Crippen LogP contribution in [0.3, 0.4) is 0 Å². The second kappa shape index (κ2) is 6.16. The van der Waals surface area contributed by atoms with Gasteiger partial charge in [-0.3, -0.25) is 0 Å². The molecule has 0 aliphatic heterocycles. The molecule has 1 saturated carbocycles. The van der Waals surface area contributed by atoms with Crippen molar-refractivity contribution in [1.29, 1.82) is 0 Å². The number of nitrogens with one attached hydrogen (secondary N) is 1.